The van der Waals surface area contributed by atoms with E-state index in [9.17, 15) is 19.5 Å². The summed E-state index contributed by atoms with van der Waals surface area (Å²) in [7, 11) is 9.04. The van der Waals surface area contributed by atoms with Gasteiger partial charge in [-0.3, -0.25) is 19.3 Å². The maximum atomic E-state index is 14.0. The van der Waals surface area contributed by atoms with E-state index in [0.29, 0.717) is 54.7 Å². The Morgan fingerprint density at radius 2 is 1.52 bits per heavy atom. The predicted octanol–water partition coefficient (Wildman–Crippen LogP) is 5.10. The average molecular weight is 739 g/mol. The van der Waals surface area contributed by atoms with Gasteiger partial charge in [-0.1, -0.05) is 18.2 Å². The number of aromatic hydroxyl groups is 1. The van der Waals surface area contributed by atoms with Crippen molar-refractivity contribution in [3.05, 3.63) is 115 Å². The minimum absolute atomic E-state index is 0.105. The van der Waals surface area contributed by atoms with Gasteiger partial charge in [-0.25, -0.2) is 0 Å². The second-order valence-corrected chi connectivity index (χ2v) is 13.3. The van der Waals surface area contributed by atoms with Crippen LogP contribution in [0.3, 0.4) is 0 Å². The van der Waals surface area contributed by atoms with Crippen LogP contribution in [0.4, 0.5) is 0 Å². The van der Waals surface area contributed by atoms with Crippen molar-refractivity contribution in [3.63, 3.8) is 0 Å². The Morgan fingerprint density at radius 1 is 0.833 bits per heavy atom. The fourth-order valence-electron chi connectivity index (χ4n) is 7.92. The van der Waals surface area contributed by atoms with Crippen LogP contribution in [0.5, 0.6) is 34.5 Å². The zero-order valence-corrected chi connectivity index (χ0v) is 31.0. The number of benzene rings is 3. The van der Waals surface area contributed by atoms with Crippen molar-refractivity contribution in [2.45, 2.75) is 44.3 Å². The molecule has 13 heteroatoms. The van der Waals surface area contributed by atoms with Gasteiger partial charge in [0.15, 0.2) is 28.8 Å². The molecule has 282 valence electrons. The third-order valence-corrected chi connectivity index (χ3v) is 10.5. The Morgan fingerprint density at radius 3 is 2.19 bits per heavy atom. The number of esters is 1. The molecule has 7 rings (SSSR count). The van der Waals surface area contributed by atoms with Crippen LogP contribution in [0.2, 0.25) is 0 Å². The van der Waals surface area contributed by atoms with E-state index in [1.54, 1.807) is 39.1 Å². The lowest BCUT2D eigenvalue weighted by atomic mass is 9.87. The zero-order chi connectivity index (χ0) is 38.3. The first-order valence-electron chi connectivity index (χ1n) is 17.5. The molecule has 0 saturated heterocycles. The first-order chi connectivity index (χ1) is 26.1. The largest absolute Gasteiger partial charge is 0.502 e. The highest BCUT2D eigenvalue weighted by molar-refractivity contribution is 5.84. The molecule has 0 fully saturated rings. The van der Waals surface area contributed by atoms with Crippen LogP contribution in [0.15, 0.2) is 68.6 Å². The van der Waals surface area contributed by atoms with E-state index in [-0.39, 0.29) is 35.6 Å². The monoisotopic (exact) mass is 738 g/mol. The van der Waals surface area contributed by atoms with E-state index in [1.807, 2.05) is 42.5 Å². The topological polar surface area (TPSA) is 148 Å². The minimum Gasteiger partial charge on any atom is -0.502 e. The molecule has 13 nitrogen and oxygen atoms in total. The van der Waals surface area contributed by atoms with E-state index in [2.05, 4.69) is 4.90 Å². The van der Waals surface area contributed by atoms with Crippen molar-refractivity contribution in [2.24, 2.45) is 0 Å². The minimum atomic E-state index is -1.11. The molecule has 1 N–H and O–H groups in total. The summed E-state index contributed by atoms with van der Waals surface area (Å²) in [6, 6.07) is 16.0. The molecular formula is C41H42N2O11. The fourth-order valence-corrected chi connectivity index (χ4v) is 7.92. The number of fused-ring (bicyclic) bond motifs is 1. The maximum absolute atomic E-state index is 14.0. The van der Waals surface area contributed by atoms with Crippen molar-refractivity contribution in [1.82, 2.24) is 9.47 Å². The zero-order valence-electron chi connectivity index (χ0n) is 31.0. The standard InChI is InChI=1S/C41H42N2O11/c1-48-31-15-23-10-12-42(37(27(23)19-32(31)49-2)25-16-33(50-3)40(53-6)34(17-25)51-4)21-26-18-30(44)38(46)39(54-26)28(20-35(45)52-5)29-14-24-9-7-8-22-11-13-43(36(22)24)41(29)47/h7-9,14-19,28,37,46H,10-13,20-21H2,1-6H3/t28-,37+/m0/s1. The lowest BCUT2D eigenvalue weighted by Crippen LogP contribution is -2.36. The maximum Gasteiger partial charge on any atom is 0.306 e. The first kappa shape index (κ1) is 36.4. The average Bonchev–Trinajstić information content (AvgIpc) is 3.64. The number of hydrogen-bond donors (Lipinski definition) is 1. The summed E-state index contributed by atoms with van der Waals surface area (Å²) in [6.07, 6.45) is 0.970. The number of ether oxygens (including phenoxy) is 6. The lowest BCUT2D eigenvalue weighted by Gasteiger charge is -2.38. The molecule has 0 bridgehead atoms. The van der Waals surface area contributed by atoms with Gasteiger partial charge in [0.1, 0.15) is 5.76 Å². The Labute approximate surface area is 311 Å². The summed E-state index contributed by atoms with van der Waals surface area (Å²) in [5.74, 6) is 0.0946. The van der Waals surface area contributed by atoms with Gasteiger partial charge in [-0.2, -0.15) is 0 Å². The highest BCUT2D eigenvalue weighted by Crippen LogP contribution is 2.46. The fraction of sp³-hybridized carbons (Fsp3) is 0.341. The van der Waals surface area contributed by atoms with Crippen molar-refractivity contribution in [1.29, 1.82) is 0 Å². The molecule has 0 spiro atoms. The quantitative estimate of drug-likeness (QED) is 0.170. The molecule has 5 aromatic rings. The van der Waals surface area contributed by atoms with Crippen LogP contribution < -0.4 is 34.7 Å². The Hall–Kier alpha value is -5.95. The van der Waals surface area contributed by atoms with E-state index in [4.69, 9.17) is 32.8 Å². The molecule has 0 amide bonds. The summed E-state index contributed by atoms with van der Waals surface area (Å²) in [5.41, 5.74) is 3.81. The lowest BCUT2D eigenvalue weighted by molar-refractivity contribution is -0.141. The van der Waals surface area contributed by atoms with Crippen molar-refractivity contribution in [2.75, 3.05) is 49.2 Å². The Kier molecular flexibility index (Phi) is 9.99. The van der Waals surface area contributed by atoms with Crippen LogP contribution in [0, 0.1) is 0 Å². The summed E-state index contributed by atoms with van der Waals surface area (Å²) < 4.78 is 41.5. The number of aryl methyl sites for hydroxylation is 2. The Balaban J connectivity index is 1.37. The third-order valence-electron chi connectivity index (χ3n) is 10.5. The summed E-state index contributed by atoms with van der Waals surface area (Å²) in [6.45, 7) is 1.10. The molecule has 0 radical (unpaired) electrons. The van der Waals surface area contributed by atoms with Gasteiger partial charge in [0.05, 0.1) is 73.1 Å². The molecule has 3 aromatic carbocycles. The number of carbonyl (C=O) groups is 1. The van der Waals surface area contributed by atoms with Crippen LogP contribution >= 0.6 is 0 Å². The summed E-state index contributed by atoms with van der Waals surface area (Å²) >= 11 is 0. The molecule has 2 atom stereocenters. The molecular weight excluding hydrogens is 696 g/mol. The number of aromatic nitrogens is 1. The van der Waals surface area contributed by atoms with Crippen LogP contribution in [-0.4, -0.2) is 69.7 Å². The van der Waals surface area contributed by atoms with Gasteiger partial charge < -0.3 is 42.5 Å². The van der Waals surface area contributed by atoms with Gasteiger partial charge in [0.2, 0.25) is 16.9 Å². The van der Waals surface area contributed by atoms with Gasteiger partial charge >= 0.3 is 5.97 Å². The predicted molar refractivity (Wildman–Crippen MR) is 199 cm³/mol. The molecule has 54 heavy (non-hydrogen) atoms. The van der Waals surface area contributed by atoms with Crippen LogP contribution in [0.1, 0.15) is 57.7 Å². The van der Waals surface area contributed by atoms with Gasteiger partial charge in [-0.15, -0.1) is 0 Å². The van der Waals surface area contributed by atoms with Gasteiger partial charge in [0.25, 0.3) is 5.56 Å². The number of nitrogens with zero attached hydrogens (tertiary/aromatic N) is 2. The first-order valence-corrected chi connectivity index (χ1v) is 17.5. The number of carbonyl (C=O) groups excluding carboxylic acids is 1. The number of pyridine rings is 1. The second kappa shape index (κ2) is 14.8. The van der Waals surface area contributed by atoms with Gasteiger partial charge in [0, 0.05) is 24.7 Å². The molecule has 2 aliphatic rings. The SMILES string of the molecule is COC(=O)C[C@H](c1oc(CN2CCc3cc(OC)c(OC)cc3[C@H]2c2cc(OC)c(OC)c(OC)c2)cc(=O)c1O)c1cc2cccc3c2n(c1=O)CC3. The summed E-state index contributed by atoms with van der Waals surface area (Å²) in [5, 5.41) is 12.1. The van der Waals surface area contributed by atoms with Gasteiger partial charge in [-0.05, 0) is 70.8 Å². The van der Waals surface area contributed by atoms with E-state index < -0.39 is 29.1 Å². The van der Waals surface area contributed by atoms with E-state index >= 15 is 0 Å². The molecule has 0 unspecified atom stereocenters. The number of para-hydroxylation sites is 1. The molecule has 4 heterocycles. The molecule has 2 aliphatic heterocycles. The second-order valence-electron chi connectivity index (χ2n) is 13.3. The molecule has 0 saturated carbocycles. The smallest absolute Gasteiger partial charge is 0.306 e. The molecule has 0 aliphatic carbocycles. The van der Waals surface area contributed by atoms with E-state index in [1.165, 1.54) is 20.3 Å². The normalized spacial score (nSPS) is 15.4. The number of hydrogen-bond acceptors (Lipinski definition) is 12. The van der Waals surface area contributed by atoms with Crippen LogP contribution in [-0.2, 0) is 35.5 Å². The van der Waals surface area contributed by atoms with Crippen molar-refractivity contribution >= 4 is 16.9 Å². The van der Waals surface area contributed by atoms with E-state index in [0.717, 1.165) is 33.2 Å². The van der Waals surface area contributed by atoms with Crippen molar-refractivity contribution in [3.8, 4) is 34.5 Å². The highest BCUT2D eigenvalue weighted by Gasteiger charge is 2.35. The molecule has 2 aromatic heterocycles. The Bertz CT molecular complexity index is 2360. The van der Waals surface area contributed by atoms with Crippen molar-refractivity contribution < 1.29 is 42.7 Å². The highest BCUT2D eigenvalue weighted by atomic mass is 16.5. The van der Waals surface area contributed by atoms with Crippen LogP contribution in [0.25, 0.3) is 10.9 Å². The summed E-state index contributed by atoms with van der Waals surface area (Å²) in [4.78, 5) is 42.6. The number of methoxy groups -OCH3 is 6. The number of rotatable bonds is 12. The third kappa shape index (κ3) is 6.27.